The lowest BCUT2D eigenvalue weighted by atomic mass is 10.1. The molecule has 0 radical (unpaired) electrons. The summed E-state index contributed by atoms with van der Waals surface area (Å²) in [4.78, 5) is 0. The largest absolute Gasteiger partial charge is 0.489 e. The van der Waals surface area contributed by atoms with E-state index >= 15 is 0 Å². The molecule has 32 heavy (non-hydrogen) atoms. The van der Waals surface area contributed by atoms with E-state index in [1.807, 2.05) is 0 Å². The summed E-state index contributed by atoms with van der Waals surface area (Å²) in [6, 6.07) is 15.0. The first-order valence-electron chi connectivity index (χ1n) is 9.60. The summed E-state index contributed by atoms with van der Waals surface area (Å²) in [6.45, 7) is 0.192. The second-order valence-electron chi connectivity index (χ2n) is 7.23. The Morgan fingerprint density at radius 2 is 1.75 bits per heavy atom. The van der Waals surface area contributed by atoms with Crippen LogP contribution in [-0.4, -0.2) is 20.0 Å². The van der Waals surface area contributed by atoms with E-state index in [4.69, 9.17) is 16.3 Å². The average Bonchev–Trinajstić information content (AvgIpc) is 3.15. The third-order valence-corrected chi connectivity index (χ3v) is 5.23. The maximum absolute atomic E-state index is 13.3. The third-order valence-electron chi connectivity index (χ3n) is 4.98. The van der Waals surface area contributed by atoms with Crippen LogP contribution in [-0.2, 0) is 19.3 Å². The van der Waals surface area contributed by atoms with E-state index < -0.39 is 18.0 Å². The van der Waals surface area contributed by atoms with Crippen molar-refractivity contribution in [2.24, 2.45) is 0 Å². The van der Waals surface area contributed by atoms with Gasteiger partial charge in [0.1, 0.15) is 12.4 Å². The maximum atomic E-state index is 13.3. The van der Waals surface area contributed by atoms with Crippen molar-refractivity contribution in [1.29, 1.82) is 0 Å². The van der Waals surface area contributed by atoms with Crippen molar-refractivity contribution >= 4 is 22.5 Å². The fourth-order valence-electron chi connectivity index (χ4n) is 3.32. The zero-order valence-electron chi connectivity index (χ0n) is 16.6. The van der Waals surface area contributed by atoms with Crippen LogP contribution in [0, 0.1) is 0 Å². The van der Waals surface area contributed by atoms with Crippen molar-refractivity contribution < 1.29 is 28.1 Å². The topological polar surface area (TPSA) is 67.5 Å². The molecule has 0 fully saturated rings. The van der Waals surface area contributed by atoms with Gasteiger partial charge in [-0.05, 0) is 48.0 Å². The molecule has 0 saturated heterocycles. The van der Waals surface area contributed by atoms with Crippen molar-refractivity contribution in [2.75, 3.05) is 0 Å². The number of nitrogens with zero attached hydrogens (tertiary/aromatic N) is 2. The highest BCUT2D eigenvalue weighted by atomic mass is 35.5. The smallest absolute Gasteiger partial charge is 0.416 e. The van der Waals surface area contributed by atoms with Gasteiger partial charge >= 0.3 is 6.18 Å². The van der Waals surface area contributed by atoms with Crippen LogP contribution in [0.15, 0.2) is 66.9 Å². The molecule has 0 unspecified atom stereocenters. The molecular weight excluding hydrogens is 445 g/mol. The lowest BCUT2D eigenvalue weighted by molar-refractivity contribution is -0.137. The molecule has 0 aliphatic rings. The second kappa shape index (κ2) is 8.82. The van der Waals surface area contributed by atoms with Gasteiger partial charge in [0.2, 0.25) is 0 Å². The Kier molecular flexibility index (Phi) is 6.10. The molecule has 9 heteroatoms. The van der Waals surface area contributed by atoms with Gasteiger partial charge in [0.25, 0.3) is 0 Å². The minimum Gasteiger partial charge on any atom is -0.489 e. The molecule has 4 rings (SSSR count). The van der Waals surface area contributed by atoms with E-state index in [0.29, 0.717) is 32.8 Å². The number of hydrogen-bond donors (Lipinski definition) is 2. The predicted octanol–water partition coefficient (Wildman–Crippen LogP) is 5.32. The number of ether oxygens (including phenoxy) is 1. The van der Waals surface area contributed by atoms with Crippen molar-refractivity contribution in [3.8, 4) is 5.75 Å². The minimum atomic E-state index is -4.50. The van der Waals surface area contributed by atoms with Crippen molar-refractivity contribution in [3.63, 3.8) is 0 Å². The van der Waals surface area contributed by atoms with Crippen LogP contribution in [0.5, 0.6) is 5.75 Å². The molecule has 1 heterocycles. The Morgan fingerprint density at radius 1 is 1.00 bits per heavy atom. The van der Waals surface area contributed by atoms with E-state index in [0.717, 1.165) is 17.7 Å². The second-order valence-corrected chi connectivity index (χ2v) is 7.67. The number of hydrogen-bond acceptors (Lipinski definition) is 4. The molecule has 0 aliphatic carbocycles. The normalized spacial score (nSPS) is 12.0. The molecule has 0 aliphatic heterocycles. The van der Waals surface area contributed by atoms with Gasteiger partial charge in [-0.25, -0.2) is 0 Å². The first kappa shape index (κ1) is 22.1. The molecule has 0 amide bonds. The van der Waals surface area contributed by atoms with Crippen molar-refractivity contribution in [3.05, 3.63) is 94.1 Å². The van der Waals surface area contributed by atoms with Gasteiger partial charge in [-0.2, -0.15) is 18.3 Å². The summed E-state index contributed by atoms with van der Waals surface area (Å²) in [5, 5.41) is 24.1. The molecule has 1 aromatic heterocycles. The molecule has 5 nitrogen and oxygen atoms in total. The summed E-state index contributed by atoms with van der Waals surface area (Å²) in [6.07, 6.45) is -4.61. The van der Waals surface area contributed by atoms with Crippen LogP contribution in [0.25, 0.3) is 10.9 Å². The predicted molar refractivity (Wildman–Crippen MR) is 113 cm³/mol. The number of aliphatic hydroxyl groups is 2. The standard InChI is InChI=1S/C23H18ClF3N2O3/c24-19-5-1-14(2-6-19)13-32-21-8-4-18(23(25,26)27)10-17(21)12-29-20-7-3-15(22(30)31)9-16(20)11-28-29/h1-11,22,30-31H,12-13H2. The van der Waals surface area contributed by atoms with Gasteiger partial charge in [0.15, 0.2) is 6.29 Å². The number of halogens is 4. The first-order valence-corrected chi connectivity index (χ1v) is 9.97. The van der Waals surface area contributed by atoms with Gasteiger partial charge in [-0.3, -0.25) is 4.68 Å². The number of alkyl halides is 3. The Morgan fingerprint density at radius 3 is 2.44 bits per heavy atom. The average molecular weight is 463 g/mol. The Labute approximate surface area is 186 Å². The lowest BCUT2D eigenvalue weighted by Gasteiger charge is -2.15. The molecule has 2 N–H and O–H groups in total. The lowest BCUT2D eigenvalue weighted by Crippen LogP contribution is -2.09. The maximum Gasteiger partial charge on any atom is 0.416 e. The van der Waals surface area contributed by atoms with Gasteiger partial charge in [0, 0.05) is 21.5 Å². The summed E-state index contributed by atoms with van der Waals surface area (Å²) in [5.74, 6) is 0.305. The highest BCUT2D eigenvalue weighted by Crippen LogP contribution is 2.33. The zero-order chi connectivity index (χ0) is 22.9. The number of rotatable bonds is 6. The number of aromatic nitrogens is 2. The van der Waals surface area contributed by atoms with Gasteiger partial charge in [0.05, 0.1) is 23.8 Å². The van der Waals surface area contributed by atoms with Crippen LogP contribution >= 0.6 is 11.6 Å². The fourth-order valence-corrected chi connectivity index (χ4v) is 3.44. The van der Waals surface area contributed by atoms with Crippen LogP contribution in [0.2, 0.25) is 5.02 Å². The molecule has 4 aromatic rings. The highest BCUT2D eigenvalue weighted by molar-refractivity contribution is 6.30. The zero-order valence-corrected chi connectivity index (χ0v) is 17.3. The van der Waals surface area contributed by atoms with E-state index in [9.17, 15) is 23.4 Å². The van der Waals surface area contributed by atoms with Gasteiger partial charge in [-0.15, -0.1) is 0 Å². The van der Waals surface area contributed by atoms with E-state index in [2.05, 4.69) is 5.10 Å². The number of benzene rings is 3. The fraction of sp³-hybridized carbons (Fsp3) is 0.174. The highest BCUT2D eigenvalue weighted by Gasteiger charge is 2.31. The summed E-state index contributed by atoms with van der Waals surface area (Å²) < 4.78 is 47.3. The summed E-state index contributed by atoms with van der Waals surface area (Å²) in [5.41, 5.74) is 1.27. The molecule has 0 bridgehead atoms. The van der Waals surface area contributed by atoms with Crippen molar-refractivity contribution in [1.82, 2.24) is 9.78 Å². The molecule has 0 saturated carbocycles. The quantitative estimate of drug-likeness (QED) is 0.381. The molecule has 0 atom stereocenters. The molecule has 3 aromatic carbocycles. The monoisotopic (exact) mass is 462 g/mol. The van der Waals surface area contributed by atoms with Gasteiger partial charge in [-0.1, -0.05) is 29.8 Å². The molecule has 0 spiro atoms. The van der Waals surface area contributed by atoms with E-state index in [-0.39, 0.29) is 13.2 Å². The van der Waals surface area contributed by atoms with Crippen molar-refractivity contribution in [2.45, 2.75) is 25.6 Å². The molecular formula is C23H18ClF3N2O3. The van der Waals surface area contributed by atoms with Crippen LogP contribution in [0.3, 0.4) is 0 Å². The van der Waals surface area contributed by atoms with Crippen LogP contribution < -0.4 is 4.74 Å². The van der Waals surface area contributed by atoms with E-state index in [1.54, 1.807) is 36.4 Å². The Bertz CT molecular complexity index is 1240. The summed E-state index contributed by atoms with van der Waals surface area (Å²) in [7, 11) is 0. The molecule has 166 valence electrons. The summed E-state index contributed by atoms with van der Waals surface area (Å²) >= 11 is 5.88. The Hall–Kier alpha value is -3.07. The number of fused-ring (bicyclic) bond motifs is 1. The van der Waals surface area contributed by atoms with Crippen LogP contribution in [0.4, 0.5) is 13.2 Å². The Balaban J connectivity index is 1.66. The first-order chi connectivity index (χ1) is 15.2. The van der Waals surface area contributed by atoms with Crippen LogP contribution in [0.1, 0.15) is 28.5 Å². The minimum absolute atomic E-state index is 0.0321. The SMILES string of the molecule is OC(O)c1ccc2c(cnn2Cc2cc(C(F)(F)F)ccc2OCc2ccc(Cl)cc2)c1. The van der Waals surface area contributed by atoms with E-state index in [1.165, 1.54) is 23.0 Å². The van der Waals surface area contributed by atoms with Gasteiger partial charge < -0.3 is 14.9 Å². The number of aliphatic hydroxyl groups excluding tert-OH is 1. The third kappa shape index (κ3) is 4.88.